The molecule has 1 aromatic carbocycles. The average molecular weight is 408 g/mol. The van der Waals surface area contributed by atoms with Crippen molar-refractivity contribution in [1.82, 2.24) is 24.7 Å². The third kappa shape index (κ3) is 3.55. The molecule has 0 radical (unpaired) electrons. The van der Waals surface area contributed by atoms with E-state index >= 15 is 0 Å². The molecule has 0 aliphatic rings. The molecule has 0 aliphatic carbocycles. The van der Waals surface area contributed by atoms with Crippen molar-refractivity contribution in [3.8, 4) is 11.5 Å². The Morgan fingerprint density at radius 2 is 1.83 bits per heavy atom. The Hall–Kier alpha value is -4.28. The number of aromatic nitrogens is 5. The van der Waals surface area contributed by atoms with E-state index in [2.05, 4.69) is 20.1 Å². The summed E-state index contributed by atoms with van der Waals surface area (Å²) in [6.07, 6.45) is 0.640. The Bertz CT molecular complexity index is 1230. The molecule has 4 aromatic rings. The lowest BCUT2D eigenvalue weighted by molar-refractivity contribution is 0.150. The number of rotatable bonds is 5. The number of nitrogens with two attached hydrogens (primary N) is 3. The lowest BCUT2D eigenvalue weighted by atomic mass is 10.2. The van der Waals surface area contributed by atoms with Crippen molar-refractivity contribution in [1.29, 1.82) is 0 Å². The average Bonchev–Trinajstić information content (AvgIpc) is 3.07. The molecular weight excluding hydrogens is 391 g/mol. The zero-order valence-electron chi connectivity index (χ0n) is 15.6. The number of fused-ring (bicyclic) bond motifs is 1. The molecule has 0 atom stereocenters. The summed E-state index contributed by atoms with van der Waals surface area (Å²) in [7, 11) is 0. The summed E-state index contributed by atoms with van der Waals surface area (Å²) in [6.45, 7) is -0.0903. The number of anilines is 2. The van der Waals surface area contributed by atoms with Crippen LogP contribution < -0.4 is 17.2 Å². The lowest BCUT2D eigenvalue weighted by Gasteiger charge is -2.09. The maximum absolute atomic E-state index is 14.1. The van der Waals surface area contributed by atoms with Crippen LogP contribution in [0.4, 0.5) is 20.8 Å². The molecule has 11 heteroatoms. The number of nitrogens with zero attached hydrogens (tertiary/aromatic N) is 5. The van der Waals surface area contributed by atoms with E-state index in [0.29, 0.717) is 22.3 Å². The Labute approximate surface area is 169 Å². The molecule has 30 heavy (non-hydrogen) atoms. The lowest BCUT2D eigenvalue weighted by Crippen LogP contribution is -2.15. The third-order valence-corrected chi connectivity index (χ3v) is 4.43. The Balaban J connectivity index is 1.78. The zero-order chi connectivity index (χ0) is 21.3. The molecule has 0 aliphatic heterocycles. The highest BCUT2D eigenvalue weighted by atomic mass is 19.1. The fourth-order valence-corrected chi connectivity index (χ4v) is 2.99. The van der Waals surface area contributed by atoms with Gasteiger partial charge in [0.1, 0.15) is 29.8 Å². The molecule has 6 N–H and O–H groups in total. The number of pyridine rings is 1. The fraction of sp³-hybridized carbons (Fsp3) is 0.105. The fourth-order valence-electron chi connectivity index (χ4n) is 2.99. The van der Waals surface area contributed by atoms with Gasteiger partial charge in [-0.05, 0) is 18.2 Å². The standard InChI is InChI=1S/C19H17FN8O2/c20-13-6-2-1-4-10(13)8-28-18-11(5-3-7-24-18)14(27-28)17-25-15(21)12(16(22)26-17)9-30-19(23)29/h1-7H,8-9H2,(H2,23,29)(H4,21,22,25,26). The molecule has 10 nitrogen and oxygen atoms in total. The van der Waals surface area contributed by atoms with Crippen LogP contribution in [0.1, 0.15) is 11.1 Å². The Morgan fingerprint density at radius 1 is 1.10 bits per heavy atom. The molecule has 0 bridgehead atoms. The number of carbonyl (C=O) groups excluding carboxylic acids is 1. The second-order valence-corrected chi connectivity index (χ2v) is 6.38. The molecule has 4 rings (SSSR count). The normalized spacial score (nSPS) is 11.0. The SMILES string of the molecule is NC(=O)OCc1c(N)nc(-c2nn(Cc3ccccc3F)c3ncccc23)nc1N. The van der Waals surface area contributed by atoms with Gasteiger partial charge in [0.25, 0.3) is 0 Å². The summed E-state index contributed by atoms with van der Waals surface area (Å²) in [5.41, 5.74) is 18.5. The van der Waals surface area contributed by atoms with Crippen LogP contribution in [0.2, 0.25) is 0 Å². The highest BCUT2D eigenvalue weighted by molar-refractivity contribution is 5.89. The van der Waals surface area contributed by atoms with E-state index in [1.165, 1.54) is 6.07 Å². The number of hydrogen-bond acceptors (Lipinski definition) is 8. The van der Waals surface area contributed by atoms with E-state index in [1.807, 2.05) is 0 Å². The molecule has 0 fully saturated rings. The summed E-state index contributed by atoms with van der Waals surface area (Å²) in [4.78, 5) is 23.7. The van der Waals surface area contributed by atoms with E-state index in [4.69, 9.17) is 21.9 Å². The first kappa shape index (κ1) is 19.1. The van der Waals surface area contributed by atoms with Crippen molar-refractivity contribution >= 4 is 28.8 Å². The van der Waals surface area contributed by atoms with Crippen LogP contribution in [-0.4, -0.2) is 30.8 Å². The molecular formula is C19H17FN8O2. The third-order valence-electron chi connectivity index (χ3n) is 4.43. The Morgan fingerprint density at radius 3 is 2.53 bits per heavy atom. The van der Waals surface area contributed by atoms with E-state index in [9.17, 15) is 9.18 Å². The number of hydrogen-bond donors (Lipinski definition) is 3. The number of ether oxygens (including phenoxy) is 1. The molecule has 152 valence electrons. The van der Waals surface area contributed by atoms with Gasteiger partial charge in [-0.3, -0.25) is 0 Å². The number of benzene rings is 1. The van der Waals surface area contributed by atoms with E-state index in [1.54, 1.807) is 41.2 Å². The van der Waals surface area contributed by atoms with Gasteiger partial charge in [-0.25, -0.2) is 28.8 Å². The van der Waals surface area contributed by atoms with Gasteiger partial charge in [0, 0.05) is 11.8 Å². The summed E-state index contributed by atoms with van der Waals surface area (Å²) in [5.74, 6) is -0.126. The number of carbonyl (C=O) groups is 1. The predicted molar refractivity (Wildman–Crippen MR) is 107 cm³/mol. The largest absolute Gasteiger partial charge is 0.445 e. The van der Waals surface area contributed by atoms with Gasteiger partial charge in [0.2, 0.25) is 0 Å². The van der Waals surface area contributed by atoms with Gasteiger partial charge in [-0.15, -0.1) is 0 Å². The molecule has 0 saturated heterocycles. The Kier molecular flexibility index (Phi) is 4.84. The number of nitrogen functional groups attached to an aromatic ring is 2. The first-order valence-electron chi connectivity index (χ1n) is 8.83. The van der Waals surface area contributed by atoms with Crippen LogP contribution in [-0.2, 0) is 17.9 Å². The van der Waals surface area contributed by atoms with Crippen molar-refractivity contribution in [2.45, 2.75) is 13.2 Å². The van der Waals surface area contributed by atoms with Crippen LogP contribution in [0, 0.1) is 5.82 Å². The van der Waals surface area contributed by atoms with Crippen LogP contribution >= 0.6 is 0 Å². The van der Waals surface area contributed by atoms with E-state index in [0.717, 1.165) is 0 Å². The van der Waals surface area contributed by atoms with Crippen LogP contribution in [0.15, 0.2) is 42.6 Å². The molecule has 3 heterocycles. The van der Waals surface area contributed by atoms with E-state index < -0.39 is 6.09 Å². The highest BCUT2D eigenvalue weighted by Gasteiger charge is 2.19. The quantitative estimate of drug-likeness (QED) is 0.451. The van der Waals surface area contributed by atoms with Gasteiger partial charge in [-0.2, -0.15) is 5.10 Å². The molecule has 0 unspecified atom stereocenters. The van der Waals surface area contributed by atoms with Gasteiger partial charge in [0.15, 0.2) is 11.5 Å². The minimum absolute atomic E-state index is 0.0273. The first-order chi connectivity index (χ1) is 14.4. The predicted octanol–water partition coefficient (Wildman–Crippen LogP) is 1.84. The van der Waals surface area contributed by atoms with Crippen molar-refractivity contribution in [2.75, 3.05) is 11.5 Å². The van der Waals surface area contributed by atoms with Gasteiger partial charge >= 0.3 is 6.09 Å². The summed E-state index contributed by atoms with van der Waals surface area (Å²) < 4.78 is 20.4. The number of primary amides is 1. The second kappa shape index (κ2) is 7.62. The maximum Gasteiger partial charge on any atom is 0.404 e. The minimum Gasteiger partial charge on any atom is -0.445 e. The van der Waals surface area contributed by atoms with Crippen molar-refractivity contribution in [2.24, 2.45) is 5.73 Å². The highest BCUT2D eigenvalue weighted by Crippen LogP contribution is 2.28. The minimum atomic E-state index is -0.971. The van der Waals surface area contributed by atoms with Crippen molar-refractivity contribution < 1.29 is 13.9 Å². The van der Waals surface area contributed by atoms with Crippen LogP contribution in [0.5, 0.6) is 0 Å². The van der Waals surface area contributed by atoms with E-state index in [-0.39, 0.29) is 42.0 Å². The summed E-state index contributed by atoms with van der Waals surface area (Å²) in [6, 6.07) is 9.95. The molecule has 0 saturated carbocycles. The number of amides is 1. The maximum atomic E-state index is 14.1. The van der Waals surface area contributed by atoms with Crippen molar-refractivity contribution in [3.05, 3.63) is 59.5 Å². The molecule has 1 amide bonds. The zero-order valence-corrected chi connectivity index (χ0v) is 15.6. The number of halogens is 1. The van der Waals surface area contributed by atoms with Crippen LogP contribution in [0.25, 0.3) is 22.6 Å². The monoisotopic (exact) mass is 408 g/mol. The smallest absolute Gasteiger partial charge is 0.404 e. The summed E-state index contributed by atoms with van der Waals surface area (Å²) in [5, 5.41) is 5.18. The topological polar surface area (TPSA) is 161 Å². The molecule has 3 aromatic heterocycles. The van der Waals surface area contributed by atoms with Gasteiger partial charge in [-0.1, -0.05) is 18.2 Å². The van der Waals surface area contributed by atoms with Gasteiger partial charge < -0.3 is 21.9 Å². The van der Waals surface area contributed by atoms with Gasteiger partial charge in [0.05, 0.1) is 17.5 Å². The van der Waals surface area contributed by atoms with Crippen LogP contribution in [0.3, 0.4) is 0 Å². The first-order valence-corrected chi connectivity index (χ1v) is 8.83. The summed E-state index contributed by atoms with van der Waals surface area (Å²) >= 11 is 0. The molecule has 0 spiro atoms. The second-order valence-electron chi connectivity index (χ2n) is 6.38. The van der Waals surface area contributed by atoms with Crippen molar-refractivity contribution in [3.63, 3.8) is 0 Å².